The fourth-order valence-corrected chi connectivity index (χ4v) is 4.58. The zero-order valence-electron chi connectivity index (χ0n) is 14.3. The van der Waals surface area contributed by atoms with E-state index >= 15 is 0 Å². The number of nitrogens with zero attached hydrogens (tertiary/aromatic N) is 3. The van der Waals surface area contributed by atoms with Crippen LogP contribution >= 0.6 is 11.3 Å². The third-order valence-electron chi connectivity index (χ3n) is 5.02. The lowest BCUT2D eigenvalue weighted by molar-refractivity contribution is -0.115. The summed E-state index contributed by atoms with van der Waals surface area (Å²) in [5.74, 6) is 0.515. The molecule has 2 aromatic rings. The van der Waals surface area contributed by atoms with Gasteiger partial charge in [0.1, 0.15) is 10.3 Å². The lowest BCUT2D eigenvalue weighted by Gasteiger charge is -2.44. The first-order valence-corrected chi connectivity index (χ1v) is 9.39. The summed E-state index contributed by atoms with van der Waals surface area (Å²) in [6.07, 6.45) is 2.11. The molecule has 0 atom stereocenters. The predicted octanol–water partition coefficient (Wildman–Crippen LogP) is 2.91. The Labute approximate surface area is 141 Å². The Balaban J connectivity index is 1.42. The van der Waals surface area contributed by atoms with E-state index in [1.807, 2.05) is 0 Å². The topological polar surface area (TPSA) is 44.4 Å². The molecular weight excluding hydrogens is 308 g/mol. The van der Waals surface area contributed by atoms with Crippen LogP contribution in [0.4, 0.5) is 5.13 Å². The maximum absolute atomic E-state index is 5.38. The molecule has 0 amide bonds. The van der Waals surface area contributed by atoms with Crippen molar-refractivity contribution >= 4 is 26.8 Å². The van der Waals surface area contributed by atoms with Crippen molar-refractivity contribution in [3.63, 3.8) is 0 Å². The van der Waals surface area contributed by atoms with Gasteiger partial charge in [0.05, 0.1) is 13.2 Å². The monoisotopic (exact) mass is 334 g/mol. The van der Waals surface area contributed by atoms with E-state index < -0.39 is 0 Å². The quantitative estimate of drug-likeness (QED) is 0.934. The zero-order valence-corrected chi connectivity index (χ0v) is 15.1. The van der Waals surface area contributed by atoms with Gasteiger partial charge >= 0.3 is 0 Å². The molecule has 0 aromatic carbocycles. The number of hydrogen-bond acceptors (Lipinski definition) is 5. The number of ether oxygens (including phenoxy) is 1. The van der Waals surface area contributed by atoms with Crippen molar-refractivity contribution < 1.29 is 4.74 Å². The number of fused-ring (bicyclic) bond motifs is 1. The highest BCUT2D eigenvalue weighted by molar-refractivity contribution is 7.21. The molecule has 0 bridgehead atoms. The van der Waals surface area contributed by atoms with Crippen LogP contribution in [0.15, 0.2) is 6.20 Å². The standard InChI is InChI=1S/C17H26N4OS/c1-12(2)13-8-18-15-14(13)19-16(23-15)21-6-4-20(5-7-21)9-17(3)10-22-11-17/h8,12,18H,4-7,9-11H2,1-3H3. The Morgan fingerprint density at radius 2 is 2.04 bits per heavy atom. The maximum atomic E-state index is 5.38. The molecule has 23 heavy (non-hydrogen) atoms. The van der Waals surface area contributed by atoms with Crippen LogP contribution in [0.3, 0.4) is 0 Å². The Kier molecular flexibility index (Phi) is 3.86. The Bertz CT molecular complexity index is 680. The summed E-state index contributed by atoms with van der Waals surface area (Å²) in [6, 6.07) is 0. The molecule has 6 heteroatoms. The number of aromatic amines is 1. The fraction of sp³-hybridized carbons (Fsp3) is 0.706. The summed E-state index contributed by atoms with van der Waals surface area (Å²) in [7, 11) is 0. The summed E-state index contributed by atoms with van der Waals surface area (Å²) >= 11 is 1.79. The Hall–Kier alpha value is -1.11. The van der Waals surface area contributed by atoms with Crippen LogP contribution in [0.5, 0.6) is 0 Å². The van der Waals surface area contributed by atoms with Gasteiger partial charge in [0.25, 0.3) is 0 Å². The molecule has 4 rings (SSSR count). The van der Waals surface area contributed by atoms with E-state index in [9.17, 15) is 0 Å². The largest absolute Gasteiger partial charge is 0.380 e. The molecule has 2 aliphatic rings. The van der Waals surface area contributed by atoms with Gasteiger partial charge in [-0.2, -0.15) is 0 Å². The molecule has 126 valence electrons. The minimum absolute atomic E-state index is 0.380. The van der Waals surface area contributed by atoms with E-state index in [4.69, 9.17) is 9.72 Å². The molecule has 5 nitrogen and oxygen atoms in total. The highest BCUT2D eigenvalue weighted by Crippen LogP contribution is 2.34. The molecule has 2 aliphatic heterocycles. The number of thiazole rings is 1. The molecule has 0 radical (unpaired) electrons. The summed E-state index contributed by atoms with van der Waals surface area (Å²) in [6.45, 7) is 14.2. The number of aromatic nitrogens is 2. The van der Waals surface area contributed by atoms with Crippen molar-refractivity contribution in [2.45, 2.75) is 26.7 Å². The average molecular weight is 334 g/mol. The van der Waals surface area contributed by atoms with Crippen LogP contribution in [0, 0.1) is 5.41 Å². The molecule has 2 aromatic heterocycles. The zero-order chi connectivity index (χ0) is 16.0. The van der Waals surface area contributed by atoms with Gasteiger partial charge < -0.3 is 14.6 Å². The van der Waals surface area contributed by atoms with Crippen molar-refractivity contribution in [3.05, 3.63) is 11.8 Å². The van der Waals surface area contributed by atoms with E-state index in [1.54, 1.807) is 11.3 Å². The van der Waals surface area contributed by atoms with Crippen molar-refractivity contribution in [2.24, 2.45) is 5.41 Å². The van der Waals surface area contributed by atoms with Gasteiger partial charge in [-0.3, -0.25) is 4.90 Å². The third kappa shape index (κ3) is 2.88. The number of rotatable bonds is 4. The van der Waals surface area contributed by atoms with Gasteiger partial charge in [-0.25, -0.2) is 4.98 Å². The second-order valence-corrected chi connectivity index (χ2v) is 8.62. The lowest BCUT2D eigenvalue weighted by atomic mass is 9.88. The van der Waals surface area contributed by atoms with E-state index in [1.165, 1.54) is 21.0 Å². The van der Waals surface area contributed by atoms with Gasteiger partial charge in [0, 0.05) is 44.3 Å². The van der Waals surface area contributed by atoms with E-state index in [-0.39, 0.29) is 0 Å². The number of anilines is 1. The lowest BCUT2D eigenvalue weighted by Crippen LogP contribution is -2.54. The van der Waals surface area contributed by atoms with Crippen molar-refractivity contribution in [2.75, 3.05) is 50.8 Å². The molecule has 0 saturated carbocycles. The highest BCUT2D eigenvalue weighted by atomic mass is 32.1. The second kappa shape index (κ2) is 5.76. The number of hydrogen-bond donors (Lipinski definition) is 1. The van der Waals surface area contributed by atoms with E-state index in [0.29, 0.717) is 11.3 Å². The van der Waals surface area contributed by atoms with Crippen LogP contribution in [-0.4, -0.2) is 60.8 Å². The molecule has 2 saturated heterocycles. The van der Waals surface area contributed by atoms with Crippen molar-refractivity contribution in [1.29, 1.82) is 0 Å². The van der Waals surface area contributed by atoms with Crippen LogP contribution in [0.25, 0.3) is 10.3 Å². The van der Waals surface area contributed by atoms with Crippen molar-refractivity contribution in [1.82, 2.24) is 14.9 Å². The molecule has 0 unspecified atom stereocenters. The van der Waals surface area contributed by atoms with Gasteiger partial charge in [-0.05, 0) is 11.5 Å². The summed E-state index contributed by atoms with van der Waals surface area (Å²) in [4.78, 5) is 14.5. The number of piperazine rings is 1. The van der Waals surface area contributed by atoms with Gasteiger partial charge in [-0.1, -0.05) is 32.1 Å². The first kappa shape index (κ1) is 15.4. The first-order valence-electron chi connectivity index (χ1n) is 8.57. The Morgan fingerprint density at radius 1 is 1.30 bits per heavy atom. The first-order chi connectivity index (χ1) is 11.0. The minimum atomic E-state index is 0.380. The fourth-order valence-electron chi connectivity index (χ4n) is 3.57. The second-order valence-electron chi connectivity index (χ2n) is 7.64. The molecule has 4 heterocycles. The van der Waals surface area contributed by atoms with E-state index in [0.717, 1.165) is 45.9 Å². The molecule has 0 spiro atoms. The normalized spacial score (nSPS) is 22.0. The molecular formula is C17H26N4OS. The maximum Gasteiger partial charge on any atom is 0.187 e. The van der Waals surface area contributed by atoms with Gasteiger partial charge in [0.2, 0.25) is 0 Å². The van der Waals surface area contributed by atoms with Gasteiger partial charge in [-0.15, -0.1) is 0 Å². The van der Waals surface area contributed by atoms with E-state index in [2.05, 4.69) is 41.8 Å². The molecule has 2 fully saturated rings. The third-order valence-corrected chi connectivity index (χ3v) is 6.07. The molecule has 0 aliphatic carbocycles. The van der Waals surface area contributed by atoms with Crippen molar-refractivity contribution in [3.8, 4) is 0 Å². The summed E-state index contributed by atoms with van der Waals surface area (Å²) in [5, 5.41) is 1.17. The predicted molar refractivity (Wildman–Crippen MR) is 95.6 cm³/mol. The van der Waals surface area contributed by atoms with Crippen LogP contribution in [0.2, 0.25) is 0 Å². The summed E-state index contributed by atoms with van der Waals surface area (Å²) < 4.78 is 5.38. The smallest absolute Gasteiger partial charge is 0.187 e. The Morgan fingerprint density at radius 3 is 2.65 bits per heavy atom. The highest BCUT2D eigenvalue weighted by Gasteiger charge is 2.36. The summed E-state index contributed by atoms with van der Waals surface area (Å²) in [5.41, 5.74) is 2.88. The van der Waals surface area contributed by atoms with Gasteiger partial charge in [0.15, 0.2) is 5.13 Å². The van der Waals surface area contributed by atoms with Crippen LogP contribution in [-0.2, 0) is 4.74 Å². The van der Waals surface area contributed by atoms with Crippen LogP contribution < -0.4 is 4.90 Å². The number of nitrogens with one attached hydrogen (secondary N) is 1. The SMILES string of the molecule is CC(C)c1c[nH]c2sc(N3CCN(CC4(C)COC4)CC3)nc12. The minimum Gasteiger partial charge on any atom is -0.380 e. The number of H-pyrrole nitrogens is 1. The van der Waals surface area contributed by atoms with Crippen LogP contribution in [0.1, 0.15) is 32.3 Å². The average Bonchev–Trinajstić information content (AvgIpc) is 3.06. The molecule has 1 N–H and O–H groups in total.